The predicted molar refractivity (Wildman–Crippen MR) is 130 cm³/mol. The molecule has 0 bridgehead atoms. The van der Waals surface area contributed by atoms with Crippen LogP contribution in [-0.2, 0) is 11.3 Å². The Labute approximate surface area is 197 Å². The number of anilines is 1. The average Bonchev–Trinajstić information content (AvgIpc) is 3.11. The van der Waals surface area contributed by atoms with Crippen LogP contribution in [0.25, 0.3) is 0 Å². The van der Waals surface area contributed by atoms with Gasteiger partial charge in [-0.05, 0) is 37.6 Å². The maximum absolute atomic E-state index is 12.7. The number of carbonyl (C=O) groups is 1. The van der Waals surface area contributed by atoms with Crippen LogP contribution in [0.15, 0.2) is 24.3 Å². The fourth-order valence-electron chi connectivity index (χ4n) is 5.56. The first-order chi connectivity index (χ1) is 16.2. The summed E-state index contributed by atoms with van der Waals surface area (Å²) in [7, 11) is 2.19. The average molecular weight is 457 g/mol. The summed E-state index contributed by atoms with van der Waals surface area (Å²) in [5.41, 5.74) is 8.28. The Bertz CT molecular complexity index is 773. The van der Waals surface area contributed by atoms with Gasteiger partial charge in [-0.1, -0.05) is 25.0 Å². The largest absolute Gasteiger partial charge is 0.369 e. The molecular formula is C24H40N8O. The fraction of sp³-hybridized carbons (Fsp3) is 0.708. The first kappa shape index (κ1) is 23.0. The normalized spacial score (nSPS) is 32.6. The molecule has 0 saturated carbocycles. The number of piperazine rings is 1. The van der Waals surface area contributed by atoms with Crippen molar-refractivity contribution in [3.63, 3.8) is 0 Å². The zero-order valence-electron chi connectivity index (χ0n) is 19.9. The van der Waals surface area contributed by atoms with E-state index in [-0.39, 0.29) is 30.3 Å². The van der Waals surface area contributed by atoms with Crippen molar-refractivity contribution in [2.24, 2.45) is 5.92 Å². The van der Waals surface area contributed by atoms with Gasteiger partial charge in [0.05, 0.1) is 12.1 Å². The highest BCUT2D eigenvalue weighted by Crippen LogP contribution is 2.23. The molecule has 1 aromatic carbocycles. The van der Waals surface area contributed by atoms with E-state index in [1.165, 1.54) is 31.2 Å². The molecule has 9 nitrogen and oxygen atoms in total. The summed E-state index contributed by atoms with van der Waals surface area (Å²) in [6.45, 7) is 8.43. The Morgan fingerprint density at radius 2 is 1.67 bits per heavy atom. The molecule has 1 amide bonds. The SMILES string of the molecule is CN1CCN(Cc2ccc(NC3NC(N4CCCCCC4)NC4CNNC(=O)C43)cc2)CC1. The number of fused-ring (bicyclic) bond motifs is 1. The van der Waals surface area contributed by atoms with E-state index in [1.807, 2.05) is 0 Å². The smallest absolute Gasteiger partial charge is 0.242 e. The summed E-state index contributed by atoms with van der Waals surface area (Å²) in [5, 5.41) is 11.1. The Morgan fingerprint density at radius 3 is 2.39 bits per heavy atom. The van der Waals surface area contributed by atoms with Crippen molar-refractivity contribution in [2.45, 2.75) is 50.7 Å². The van der Waals surface area contributed by atoms with Crippen molar-refractivity contribution in [1.82, 2.24) is 36.2 Å². The molecule has 5 rings (SSSR count). The van der Waals surface area contributed by atoms with Crippen LogP contribution in [0.2, 0.25) is 0 Å². The van der Waals surface area contributed by atoms with Gasteiger partial charge in [0.25, 0.3) is 0 Å². The van der Waals surface area contributed by atoms with E-state index in [4.69, 9.17) is 0 Å². The van der Waals surface area contributed by atoms with Gasteiger partial charge >= 0.3 is 0 Å². The first-order valence-corrected chi connectivity index (χ1v) is 12.7. The van der Waals surface area contributed by atoms with Crippen LogP contribution in [0.4, 0.5) is 5.69 Å². The number of benzene rings is 1. The van der Waals surface area contributed by atoms with Gasteiger partial charge in [-0.15, -0.1) is 0 Å². The third kappa shape index (κ3) is 5.67. The molecule has 4 heterocycles. The van der Waals surface area contributed by atoms with Gasteiger partial charge < -0.3 is 10.2 Å². The van der Waals surface area contributed by atoms with Crippen LogP contribution in [0.1, 0.15) is 31.2 Å². The van der Waals surface area contributed by atoms with Gasteiger partial charge in [0.15, 0.2) is 0 Å². The van der Waals surface area contributed by atoms with Crippen LogP contribution in [0.3, 0.4) is 0 Å². The van der Waals surface area contributed by atoms with E-state index >= 15 is 0 Å². The topological polar surface area (TPSA) is 86.9 Å². The number of rotatable bonds is 5. The summed E-state index contributed by atoms with van der Waals surface area (Å²) in [6, 6.07) is 8.83. The van der Waals surface area contributed by atoms with Crippen LogP contribution in [0.5, 0.6) is 0 Å². The van der Waals surface area contributed by atoms with E-state index in [0.717, 1.165) is 58.0 Å². The van der Waals surface area contributed by atoms with Gasteiger partial charge in [-0.25, -0.2) is 5.43 Å². The van der Waals surface area contributed by atoms with Crippen LogP contribution >= 0.6 is 0 Å². The maximum Gasteiger partial charge on any atom is 0.242 e. The van der Waals surface area contributed by atoms with Crippen molar-refractivity contribution >= 4 is 11.6 Å². The minimum Gasteiger partial charge on any atom is -0.369 e. The minimum atomic E-state index is -0.181. The first-order valence-electron chi connectivity index (χ1n) is 12.7. The number of hydrazine groups is 1. The lowest BCUT2D eigenvalue weighted by Crippen LogP contribution is -2.76. The van der Waals surface area contributed by atoms with Crippen molar-refractivity contribution in [1.29, 1.82) is 0 Å². The second-order valence-corrected chi connectivity index (χ2v) is 10.1. The second-order valence-electron chi connectivity index (χ2n) is 10.1. The van der Waals surface area contributed by atoms with Gasteiger partial charge in [-0.2, -0.15) is 0 Å². The summed E-state index contributed by atoms with van der Waals surface area (Å²) < 4.78 is 0. The molecule has 0 aliphatic carbocycles. The highest BCUT2D eigenvalue weighted by Gasteiger charge is 2.44. The number of nitrogens with one attached hydrogen (secondary N) is 5. The van der Waals surface area contributed by atoms with Crippen molar-refractivity contribution in [2.75, 3.05) is 58.2 Å². The van der Waals surface area contributed by atoms with Gasteiger partial charge in [0, 0.05) is 64.1 Å². The molecule has 0 spiro atoms. The molecular weight excluding hydrogens is 416 g/mol. The van der Waals surface area contributed by atoms with Crippen molar-refractivity contribution in [3.8, 4) is 0 Å². The van der Waals surface area contributed by atoms with Crippen LogP contribution in [-0.4, -0.2) is 92.0 Å². The molecule has 182 valence electrons. The summed E-state index contributed by atoms with van der Waals surface area (Å²) in [5.74, 6) is -0.149. The predicted octanol–water partition coefficient (Wildman–Crippen LogP) is 0.144. The Kier molecular flexibility index (Phi) is 7.44. The van der Waals surface area contributed by atoms with E-state index in [9.17, 15) is 4.79 Å². The molecule has 33 heavy (non-hydrogen) atoms. The summed E-state index contributed by atoms with van der Waals surface area (Å²) in [4.78, 5) is 20.2. The minimum absolute atomic E-state index is 0.0322. The molecule has 9 heteroatoms. The molecule has 4 atom stereocenters. The summed E-state index contributed by atoms with van der Waals surface area (Å²) >= 11 is 0. The molecule has 4 aliphatic heterocycles. The van der Waals surface area contributed by atoms with E-state index in [1.54, 1.807) is 0 Å². The lowest BCUT2D eigenvalue weighted by molar-refractivity contribution is -0.132. The Balaban J connectivity index is 1.25. The monoisotopic (exact) mass is 456 g/mol. The number of nitrogens with zero attached hydrogens (tertiary/aromatic N) is 3. The number of likely N-dealkylation sites (tertiary alicyclic amines) is 1. The molecule has 4 aliphatic rings. The zero-order valence-corrected chi connectivity index (χ0v) is 19.9. The summed E-state index contributed by atoms with van der Waals surface area (Å²) in [6.07, 6.45) is 5.03. The molecule has 5 N–H and O–H groups in total. The second kappa shape index (κ2) is 10.7. The Morgan fingerprint density at radius 1 is 0.939 bits per heavy atom. The lowest BCUT2D eigenvalue weighted by atomic mass is 9.91. The molecule has 1 aromatic rings. The molecule has 4 unspecified atom stereocenters. The third-order valence-electron chi connectivity index (χ3n) is 7.62. The highest BCUT2D eigenvalue weighted by atomic mass is 16.2. The van der Waals surface area contributed by atoms with Crippen LogP contribution in [0, 0.1) is 5.92 Å². The van der Waals surface area contributed by atoms with E-state index in [0.29, 0.717) is 0 Å². The van der Waals surface area contributed by atoms with E-state index in [2.05, 4.69) is 72.8 Å². The quantitative estimate of drug-likeness (QED) is 0.428. The number of hydrogen-bond donors (Lipinski definition) is 5. The zero-order chi connectivity index (χ0) is 22.6. The Hall–Kier alpha value is -1.75. The molecule has 4 saturated heterocycles. The molecule has 4 fully saturated rings. The van der Waals surface area contributed by atoms with Crippen molar-refractivity contribution < 1.29 is 4.79 Å². The number of likely N-dealkylation sites (N-methyl/N-ethyl adjacent to an activating group) is 1. The van der Waals surface area contributed by atoms with Gasteiger partial charge in [0.1, 0.15) is 6.29 Å². The standard InChI is InChI=1S/C24H40N8O/c1-30-12-14-31(15-13-30)17-18-6-8-19(9-7-18)26-22-21-20(16-25-29-23(21)33)27-24(28-22)32-10-4-2-3-5-11-32/h6-9,20-22,24-28H,2-5,10-17H2,1H3,(H,29,33). The number of hydrogen-bond acceptors (Lipinski definition) is 8. The van der Waals surface area contributed by atoms with Gasteiger partial charge in [0.2, 0.25) is 5.91 Å². The number of carbonyl (C=O) groups excluding carboxylic acids is 1. The fourth-order valence-corrected chi connectivity index (χ4v) is 5.56. The maximum atomic E-state index is 12.7. The van der Waals surface area contributed by atoms with E-state index < -0.39 is 0 Å². The molecule has 0 aromatic heterocycles. The van der Waals surface area contributed by atoms with Crippen molar-refractivity contribution in [3.05, 3.63) is 29.8 Å². The lowest BCUT2D eigenvalue weighted by Gasteiger charge is -2.48. The highest BCUT2D eigenvalue weighted by molar-refractivity contribution is 5.81. The van der Waals surface area contributed by atoms with Crippen LogP contribution < -0.4 is 26.8 Å². The van der Waals surface area contributed by atoms with Gasteiger partial charge in [-0.3, -0.25) is 30.7 Å². The number of amides is 1. The third-order valence-corrected chi connectivity index (χ3v) is 7.62. The molecule has 0 radical (unpaired) electrons.